The molecule has 4 aromatic rings. The number of hydrogen-bond acceptors (Lipinski definition) is 3. The Labute approximate surface area is 200 Å². The molecule has 34 heavy (non-hydrogen) atoms. The van der Waals surface area contributed by atoms with Crippen molar-refractivity contribution in [3.8, 4) is 0 Å². The van der Waals surface area contributed by atoms with Crippen molar-refractivity contribution in [3.05, 3.63) is 135 Å². The second-order valence-electron chi connectivity index (χ2n) is 8.52. The molecule has 0 saturated carbocycles. The average Bonchev–Trinajstić information content (AvgIpc) is 2.86. The van der Waals surface area contributed by atoms with Gasteiger partial charge in [-0.25, -0.2) is 4.79 Å². The Morgan fingerprint density at radius 1 is 0.735 bits per heavy atom. The number of unbranched alkanes of at least 4 members (excludes halogenated alkanes) is 3. The molecule has 5 rings (SSSR count). The monoisotopic (exact) mass is 453 g/mol. The van der Waals surface area contributed by atoms with Gasteiger partial charge in [0.2, 0.25) is 0 Å². The molecule has 174 valence electrons. The number of benzene rings is 3. The number of nitrogens with zero attached hydrogens (tertiary/aromatic N) is 1. The molecule has 0 aliphatic carbocycles. The minimum absolute atomic E-state index is 0.209. The molecule has 0 unspecified atom stereocenters. The fraction of sp³-hybridized carbons (Fsp3) is 0.241. The SMILES string of the molecule is CCCCCCn1ccc(=O)[nH]c1=O.c1ccc(C2(c3ccccc3)Nc3ccccc32)cc1. The Morgan fingerprint density at radius 3 is 1.94 bits per heavy atom. The van der Waals surface area contributed by atoms with Crippen LogP contribution in [0.5, 0.6) is 0 Å². The van der Waals surface area contributed by atoms with Gasteiger partial charge in [-0.2, -0.15) is 0 Å². The third-order valence-corrected chi connectivity index (χ3v) is 6.22. The van der Waals surface area contributed by atoms with Crippen LogP contribution in [-0.2, 0) is 12.1 Å². The van der Waals surface area contributed by atoms with Crippen LogP contribution in [0.25, 0.3) is 0 Å². The Bertz CT molecular complexity index is 1270. The van der Waals surface area contributed by atoms with Crippen molar-refractivity contribution in [2.75, 3.05) is 5.32 Å². The lowest BCUT2D eigenvalue weighted by atomic mass is 9.71. The highest BCUT2D eigenvalue weighted by atomic mass is 16.2. The second kappa shape index (κ2) is 10.8. The standard InChI is InChI=1S/C19H15N.C10H16N2O2/c1-3-9-15(10-4-1)19(16-11-5-2-6-12-16)17-13-7-8-14-18(17)20-19;1-2-3-4-5-7-12-8-6-9(13)11-10(12)14/h1-14,20H;6,8H,2-5,7H2,1H3,(H,11,13,14). The summed E-state index contributed by atoms with van der Waals surface area (Å²) in [6, 6.07) is 31.2. The molecule has 1 aliphatic heterocycles. The van der Waals surface area contributed by atoms with Gasteiger partial charge in [0.05, 0.1) is 0 Å². The third kappa shape index (κ3) is 4.88. The molecule has 5 nitrogen and oxygen atoms in total. The average molecular weight is 454 g/mol. The molecular weight excluding hydrogens is 422 g/mol. The summed E-state index contributed by atoms with van der Waals surface area (Å²) in [6.07, 6.45) is 6.04. The molecule has 1 aliphatic rings. The zero-order valence-corrected chi connectivity index (χ0v) is 19.5. The van der Waals surface area contributed by atoms with Gasteiger partial charge in [0.15, 0.2) is 0 Å². The van der Waals surface area contributed by atoms with Crippen LogP contribution in [0.4, 0.5) is 5.69 Å². The first-order valence-electron chi connectivity index (χ1n) is 11.9. The highest BCUT2D eigenvalue weighted by Gasteiger charge is 2.44. The Morgan fingerprint density at radius 2 is 1.35 bits per heavy atom. The zero-order chi connectivity index (χ0) is 23.8. The predicted octanol–water partition coefficient (Wildman–Crippen LogP) is 5.52. The number of nitrogens with one attached hydrogen (secondary N) is 2. The zero-order valence-electron chi connectivity index (χ0n) is 19.5. The molecular formula is C29H31N3O2. The number of H-pyrrole nitrogens is 1. The summed E-state index contributed by atoms with van der Waals surface area (Å²) in [7, 11) is 0. The van der Waals surface area contributed by atoms with E-state index in [2.05, 4.69) is 102 Å². The molecule has 0 fully saturated rings. The minimum atomic E-state index is -0.334. The Kier molecular flexibility index (Phi) is 7.43. The molecule has 3 aromatic carbocycles. The third-order valence-electron chi connectivity index (χ3n) is 6.22. The van der Waals surface area contributed by atoms with Crippen molar-refractivity contribution in [2.24, 2.45) is 0 Å². The van der Waals surface area contributed by atoms with E-state index in [9.17, 15) is 9.59 Å². The Hall–Kier alpha value is -3.86. The number of aryl methyl sites for hydroxylation is 1. The number of hydrogen-bond donors (Lipinski definition) is 2. The lowest BCUT2D eigenvalue weighted by Gasteiger charge is -2.46. The summed E-state index contributed by atoms with van der Waals surface area (Å²) < 4.78 is 1.54. The molecule has 0 saturated heterocycles. The molecule has 0 bridgehead atoms. The van der Waals surface area contributed by atoms with Gasteiger partial charge in [0.25, 0.3) is 5.56 Å². The molecule has 0 amide bonds. The highest BCUT2D eigenvalue weighted by Crippen LogP contribution is 2.50. The van der Waals surface area contributed by atoms with Gasteiger partial charge in [-0.15, -0.1) is 0 Å². The molecule has 1 aromatic heterocycles. The minimum Gasteiger partial charge on any atom is -0.368 e. The van der Waals surface area contributed by atoms with E-state index in [0.717, 1.165) is 12.8 Å². The van der Waals surface area contributed by atoms with E-state index in [0.29, 0.717) is 6.54 Å². The first kappa shape index (κ1) is 23.3. The molecule has 5 heteroatoms. The maximum atomic E-state index is 11.2. The number of para-hydroxylation sites is 1. The van der Waals surface area contributed by atoms with E-state index in [4.69, 9.17) is 0 Å². The van der Waals surface area contributed by atoms with E-state index < -0.39 is 0 Å². The lowest BCUT2D eigenvalue weighted by molar-refractivity contribution is 0.560. The number of rotatable bonds is 7. The first-order valence-corrected chi connectivity index (χ1v) is 11.9. The quantitative estimate of drug-likeness (QED) is 0.362. The first-order chi connectivity index (χ1) is 16.6. The van der Waals surface area contributed by atoms with Crippen molar-refractivity contribution in [2.45, 2.75) is 44.7 Å². The normalized spacial score (nSPS) is 13.0. The van der Waals surface area contributed by atoms with Gasteiger partial charge in [0, 0.05) is 30.1 Å². The van der Waals surface area contributed by atoms with Crippen molar-refractivity contribution < 1.29 is 0 Å². The van der Waals surface area contributed by atoms with Crippen LogP contribution in [0.3, 0.4) is 0 Å². The summed E-state index contributed by atoms with van der Waals surface area (Å²) in [5, 5.41) is 3.67. The second-order valence-corrected chi connectivity index (χ2v) is 8.52. The molecule has 0 atom stereocenters. The fourth-order valence-electron chi connectivity index (χ4n) is 4.45. The van der Waals surface area contributed by atoms with Crippen LogP contribution in [0.15, 0.2) is 107 Å². The van der Waals surface area contributed by atoms with Gasteiger partial charge < -0.3 is 9.88 Å². The van der Waals surface area contributed by atoms with E-state index in [1.807, 2.05) is 0 Å². The summed E-state index contributed by atoms with van der Waals surface area (Å²) in [4.78, 5) is 24.2. The Balaban J connectivity index is 0.000000173. The summed E-state index contributed by atoms with van der Waals surface area (Å²) in [5.74, 6) is 0. The van der Waals surface area contributed by atoms with E-state index >= 15 is 0 Å². The number of anilines is 1. The number of fused-ring (bicyclic) bond motifs is 1. The van der Waals surface area contributed by atoms with Crippen molar-refractivity contribution in [1.29, 1.82) is 0 Å². The maximum Gasteiger partial charge on any atom is 0.328 e. The topological polar surface area (TPSA) is 66.9 Å². The van der Waals surface area contributed by atoms with Crippen molar-refractivity contribution in [3.63, 3.8) is 0 Å². The number of aromatic nitrogens is 2. The molecule has 0 spiro atoms. The van der Waals surface area contributed by atoms with E-state index in [-0.39, 0.29) is 16.8 Å². The predicted molar refractivity (Wildman–Crippen MR) is 138 cm³/mol. The molecule has 2 heterocycles. The largest absolute Gasteiger partial charge is 0.368 e. The van der Waals surface area contributed by atoms with Gasteiger partial charge in [0.1, 0.15) is 5.54 Å². The van der Waals surface area contributed by atoms with Gasteiger partial charge in [-0.05, 0) is 23.6 Å². The van der Waals surface area contributed by atoms with Crippen molar-refractivity contribution in [1.82, 2.24) is 9.55 Å². The van der Waals surface area contributed by atoms with Gasteiger partial charge >= 0.3 is 5.69 Å². The van der Waals surface area contributed by atoms with E-state index in [1.54, 1.807) is 6.20 Å². The maximum absolute atomic E-state index is 11.2. The fourth-order valence-corrected chi connectivity index (χ4v) is 4.45. The lowest BCUT2D eigenvalue weighted by Crippen LogP contribution is -2.46. The van der Waals surface area contributed by atoms with Crippen LogP contribution >= 0.6 is 0 Å². The number of aromatic amines is 1. The van der Waals surface area contributed by atoms with Crippen LogP contribution in [0, 0.1) is 0 Å². The summed E-state index contributed by atoms with van der Waals surface area (Å²) >= 11 is 0. The molecule has 0 radical (unpaired) electrons. The smallest absolute Gasteiger partial charge is 0.328 e. The highest BCUT2D eigenvalue weighted by molar-refractivity contribution is 5.75. The van der Waals surface area contributed by atoms with E-state index in [1.165, 1.54) is 45.9 Å². The van der Waals surface area contributed by atoms with Crippen LogP contribution in [0.1, 0.15) is 49.3 Å². The van der Waals surface area contributed by atoms with Crippen LogP contribution < -0.4 is 16.6 Å². The van der Waals surface area contributed by atoms with Gasteiger partial charge in [-0.1, -0.05) is 105 Å². The van der Waals surface area contributed by atoms with Gasteiger partial charge in [-0.3, -0.25) is 9.78 Å². The summed E-state index contributed by atoms with van der Waals surface area (Å²) in [6.45, 7) is 2.84. The van der Waals surface area contributed by atoms with Crippen molar-refractivity contribution >= 4 is 5.69 Å². The molecule has 2 N–H and O–H groups in total. The summed E-state index contributed by atoms with van der Waals surface area (Å²) in [5.41, 5.74) is 4.28. The van der Waals surface area contributed by atoms with Crippen LogP contribution in [-0.4, -0.2) is 9.55 Å². The van der Waals surface area contributed by atoms with Crippen LogP contribution in [0.2, 0.25) is 0 Å².